The molecule has 0 amide bonds. The van der Waals surface area contributed by atoms with Crippen molar-refractivity contribution < 1.29 is 4.39 Å². The van der Waals surface area contributed by atoms with Crippen LogP contribution in [0, 0.1) is 11.7 Å². The fraction of sp³-hybridized carbons (Fsp3) is 0.167. The van der Waals surface area contributed by atoms with E-state index in [1.807, 2.05) is 84.9 Å². The van der Waals surface area contributed by atoms with Gasteiger partial charge in [0.15, 0.2) is 0 Å². The Morgan fingerprint density at radius 1 is 0.714 bits per heavy atom. The van der Waals surface area contributed by atoms with Crippen molar-refractivity contribution in [3.05, 3.63) is 147 Å². The predicted octanol–water partition coefficient (Wildman–Crippen LogP) is 8.02. The second-order valence-electron chi connectivity index (χ2n) is 8.68. The van der Waals surface area contributed by atoms with Gasteiger partial charge in [0.1, 0.15) is 5.82 Å². The maximum atomic E-state index is 14.1. The van der Waals surface area contributed by atoms with Gasteiger partial charge in [-0.1, -0.05) is 102 Å². The first-order chi connectivity index (χ1) is 16.9. The second-order valence-corrected chi connectivity index (χ2v) is 9.52. The number of halogens is 3. The number of rotatable bonds is 9. The van der Waals surface area contributed by atoms with Gasteiger partial charge in [0.05, 0.1) is 5.02 Å². The molecule has 35 heavy (non-hydrogen) atoms. The molecule has 1 radical (unpaired) electrons. The second kappa shape index (κ2) is 11.8. The summed E-state index contributed by atoms with van der Waals surface area (Å²) in [6, 6.07) is 32.0. The summed E-state index contributed by atoms with van der Waals surface area (Å²) < 4.78 is 14.1. The lowest BCUT2D eigenvalue weighted by atomic mass is 9.73. The third-order valence-corrected chi connectivity index (χ3v) is 6.89. The predicted molar refractivity (Wildman–Crippen MR) is 144 cm³/mol. The zero-order valence-corrected chi connectivity index (χ0v) is 20.8. The van der Waals surface area contributed by atoms with E-state index in [2.05, 4.69) is 0 Å². The highest BCUT2D eigenvalue weighted by Crippen LogP contribution is 2.44. The zero-order valence-electron chi connectivity index (χ0n) is 19.2. The van der Waals surface area contributed by atoms with Crippen molar-refractivity contribution in [1.29, 1.82) is 0 Å². The summed E-state index contributed by atoms with van der Waals surface area (Å²) in [5.74, 6) is 0.361. The van der Waals surface area contributed by atoms with Gasteiger partial charge in [0.25, 0.3) is 0 Å². The first-order valence-corrected chi connectivity index (χ1v) is 12.4. The molecule has 0 fully saturated rings. The summed E-state index contributed by atoms with van der Waals surface area (Å²) in [6.07, 6.45) is 1.34. The van der Waals surface area contributed by atoms with E-state index in [-0.39, 0.29) is 23.0 Å². The molecule has 0 spiro atoms. The molecule has 2 nitrogen and oxygen atoms in total. The van der Waals surface area contributed by atoms with Crippen molar-refractivity contribution >= 4 is 23.2 Å². The Balaban J connectivity index is 1.77. The first kappa shape index (κ1) is 25.4. The van der Waals surface area contributed by atoms with Crippen LogP contribution in [-0.2, 0) is 0 Å². The maximum Gasteiger partial charge on any atom is 0.141 e. The van der Waals surface area contributed by atoms with E-state index in [0.29, 0.717) is 17.9 Å². The SMILES string of the molecule is NC(CC[C](c1ccc(F)c(Cl)c1)C(c1cccc(Cl)c1)C(N)c1ccccc1)c1ccccc1. The van der Waals surface area contributed by atoms with E-state index in [4.69, 9.17) is 34.7 Å². The molecule has 0 heterocycles. The minimum atomic E-state index is -0.456. The van der Waals surface area contributed by atoms with Gasteiger partial charge < -0.3 is 11.5 Å². The van der Waals surface area contributed by atoms with Gasteiger partial charge in [0.2, 0.25) is 0 Å². The first-order valence-electron chi connectivity index (χ1n) is 11.6. The van der Waals surface area contributed by atoms with Crippen molar-refractivity contribution in [2.24, 2.45) is 11.5 Å². The van der Waals surface area contributed by atoms with Gasteiger partial charge in [-0.25, -0.2) is 4.39 Å². The molecule has 0 aliphatic rings. The molecule has 3 unspecified atom stereocenters. The minimum absolute atomic E-state index is 0.0745. The van der Waals surface area contributed by atoms with E-state index in [9.17, 15) is 4.39 Å². The highest BCUT2D eigenvalue weighted by Gasteiger charge is 2.32. The zero-order chi connectivity index (χ0) is 24.8. The molecule has 5 heteroatoms. The third-order valence-electron chi connectivity index (χ3n) is 6.37. The Labute approximate surface area is 216 Å². The molecule has 0 saturated heterocycles. The summed E-state index contributed by atoms with van der Waals surface area (Å²) in [5, 5.41) is 0.704. The molecule has 4 aromatic carbocycles. The van der Waals surface area contributed by atoms with Gasteiger partial charge in [-0.3, -0.25) is 0 Å². The van der Waals surface area contributed by atoms with Crippen LogP contribution < -0.4 is 11.5 Å². The highest BCUT2D eigenvalue weighted by atomic mass is 35.5. The summed E-state index contributed by atoms with van der Waals surface area (Å²) in [5.41, 5.74) is 17.4. The van der Waals surface area contributed by atoms with Gasteiger partial charge in [-0.2, -0.15) is 0 Å². The van der Waals surface area contributed by atoms with Crippen molar-refractivity contribution in [1.82, 2.24) is 0 Å². The lowest BCUT2D eigenvalue weighted by molar-refractivity contribution is 0.519. The third kappa shape index (κ3) is 6.31. The van der Waals surface area contributed by atoms with E-state index in [1.54, 1.807) is 12.1 Å². The smallest absolute Gasteiger partial charge is 0.141 e. The lowest BCUT2D eigenvalue weighted by Gasteiger charge is -2.33. The van der Waals surface area contributed by atoms with Gasteiger partial charge in [-0.15, -0.1) is 0 Å². The molecule has 4 rings (SSSR count). The van der Waals surface area contributed by atoms with Crippen molar-refractivity contribution in [2.45, 2.75) is 30.8 Å². The normalized spacial score (nSPS) is 14.0. The summed E-state index contributed by atoms with van der Waals surface area (Å²) in [6.45, 7) is 0. The van der Waals surface area contributed by atoms with Crippen molar-refractivity contribution in [3.8, 4) is 0 Å². The van der Waals surface area contributed by atoms with Gasteiger partial charge >= 0.3 is 0 Å². The molecule has 0 bridgehead atoms. The van der Waals surface area contributed by atoms with Crippen LogP contribution in [-0.4, -0.2) is 0 Å². The average molecular weight is 506 g/mol. The Hall–Kier alpha value is -2.69. The number of benzene rings is 4. The molecule has 0 aliphatic heterocycles. The van der Waals surface area contributed by atoms with Crippen LogP contribution in [0.25, 0.3) is 0 Å². The van der Waals surface area contributed by atoms with Crippen LogP contribution in [0.15, 0.2) is 103 Å². The molecule has 0 aromatic heterocycles. The van der Waals surface area contributed by atoms with Crippen LogP contribution in [0.1, 0.15) is 53.1 Å². The largest absolute Gasteiger partial charge is 0.324 e. The van der Waals surface area contributed by atoms with Crippen LogP contribution in [0.3, 0.4) is 0 Å². The van der Waals surface area contributed by atoms with Crippen LogP contribution in [0.5, 0.6) is 0 Å². The highest BCUT2D eigenvalue weighted by molar-refractivity contribution is 6.31. The minimum Gasteiger partial charge on any atom is -0.324 e. The number of nitrogens with two attached hydrogens (primary N) is 2. The number of hydrogen-bond acceptors (Lipinski definition) is 2. The Bertz CT molecular complexity index is 1230. The molecule has 0 aliphatic carbocycles. The van der Waals surface area contributed by atoms with Crippen molar-refractivity contribution in [2.75, 3.05) is 0 Å². The Kier molecular flexibility index (Phi) is 8.59. The van der Waals surface area contributed by atoms with E-state index in [0.717, 1.165) is 28.2 Å². The van der Waals surface area contributed by atoms with Crippen LogP contribution >= 0.6 is 23.2 Å². The monoisotopic (exact) mass is 505 g/mol. The van der Waals surface area contributed by atoms with Gasteiger partial charge in [-0.05, 0) is 59.4 Å². The van der Waals surface area contributed by atoms with E-state index < -0.39 is 5.82 Å². The summed E-state index contributed by atoms with van der Waals surface area (Å²) in [7, 11) is 0. The quantitative estimate of drug-likeness (QED) is 0.242. The van der Waals surface area contributed by atoms with Crippen LogP contribution in [0.2, 0.25) is 10.0 Å². The fourth-order valence-electron chi connectivity index (χ4n) is 4.55. The standard InChI is InChI=1S/C30H28Cl2FN2/c31-24-13-7-12-23(18-24)29(30(35)21-10-5-2-6-11-21)25(22-14-16-27(33)26(32)19-22)15-17-28(34)20-8-3-1-4-9-20/h1-14,16,18-19,28-30H,15,17,34-35H2. The Morgan fingerprint density at radius 2 is 1.34 bits per heavy atom. The summed E-state index contributed by atoms with van der Waals surface area (Å²) >= 11 is 12.6. The molecule has 4 aromatic rings. The topological polar surface area (TPSA) is 52.0 Å². The molecule has 0 saturated carbocycles. The molecule has 3 atom stereocenters. The summed E-state index contributed by atoms with van der Waals surface area (Å²) in [4.78, 5) is 0. The number of hydrogen-bond donors (Lipinski definition) is 2. The molecule has 179 valence electrons. The maximum absolute atomic E-state index is 14.1. The fourth-order valence-corrected chi connectivity index (χ4v) is 4.93. The Morgan fingerprint density at radius 3 is 1.97 bits per heavy atom. The van der Waals surface area contributed by atoms with Crippen LogP contribution in [0.4, 0.5) is 4.39 Å². The van der Waals surface area contributed by atoms with E-state index >= 15 is 0 Å². The molecular weight excluding hydrogens is 478 g/mol. The average Bonchev–Trinajstić information content (AvgIpc) is 2.88. The van der Waals surface area contributed by atoms with Crippen molar-refractivity contribution in [3.63, 3.8) is 0 Å². The molecule has 4 N–H and O–H groups in total. The molecular formula is C30H28Cl2FN2. The lowest BCUT2D eigenvalue weighted by Crippen LogP contribution is -2.27. The van der Waals surface area contributed by atoms with E-state index in [1.165, 1.54) is 6.07 Å². The van der Waals surface area contributed by atoms with Gasteiger partial charge in [0, 0.05) is 28.9 Å².